The van der Waals surface area contributed by atoms with E-state index < -0.39 is 0 Å². The minimum atomic E-state index is -0.316. The maximum atomic E-state index is 12.2. The zero-order chi connectivity index (χ0) is 18.5. The summed E-state index contributed by atoms with van der Waals surface area (Å²) in [7, 11) is 1.61. The van der Waals surface area contributed by atoms with Crippen LogP contribution in [0.5, 0.6) is 5.75 Å². The van der Waals surface area contributed by atoms with E-state index in [1.807, 2.05) is 37.3 Å². The number of methoxy groups -OCH3 is 1. The Labute approximate surface area is 152 Å². The molecule has 3 N–H and O–H groups in total. The zero-order valence-electron chi connectivity index (χ0n) is 15.0. The smallest absolute Gasteiger partial charge is 0.319 e. The lowest BCUT2D eigenvalue weighted by molar-refractivity contribution is 0.0951. The Morgan fingerprint density at radius 3 is 2.50 bits per heavy atom. The minimum Gasteiger partial charge on any atom is -0.497 e. The van der Waals surface area contributed by atoms with Crippen LogP contribution < -0.4 is 20.7 Å². The summed E-state index contributed by atoms with van der Waals surface area (Å²) in [5.74, 6) is 0.671. The first-order valence-electron chi connectivity index (χ1n) is 8.64. The predicted octanol–water partition coefficient (Wildman–Crippen LogP) is 3.22. The maximum Gasteiger partial charge on any atom is 0.319 e. The molecule has 0 atom stereocenters. The molecule has 2 aromatic rings. The third kappa shape index (κ3) is 4.75. The van der Waals surface area contributed by atoms with Gasteiger partial charge >= 0.3 is 6.03 Å². The van der Waals surface area contributed by atoms with Crippen molar-refractivity contribution in [2.24, 2.45) is 0 Å². The monoisotopic (exact) mass is 353 g/mol. The number of hydrogen-bond acceptors (Lipinski definition) is 3. The van der Waals surface area contributed by atoms with Crippen LogP contribution in [-0.4, -0.2) is 25.1 Å². The molecule has 6 nitrogen and oxygen atoms in total. The van der Waals surface area contributed by atoms with E-state index in [9.17, 15) is 9.59 Å². The first-order valence-corrected chi connectivity index (χ1v) is 8.64. The molecule has 0 aromatic heterocycles. The Kier molecular flexibility index (Phi) is 5.41. The second-order valence-electron chi connectivity index (χ2n) is 6.43. The van der Waals surface area contributed by atoms with Crippen LogP contribution in [-0.2, 0) is 6.54 Å². The molecule has 3 amide bonds. The summed E-state index contributed by atoms with van der Waals surface area (Å²) in [5.41, 5.74) is 3.04. The van der Waals surface area contributed by atoms with Crippen molar-refractivity contribution in [3.05, 3.63) is 59.2 Å². The highest BCUT2D eigenvalue weighted by Gasteiger charge is 2.24. The van der Waals surface area contributed by atoms with E-state index in [0.717, 1.165) is 29.7 Å². The topological polar surface area (TPSA) is 79.5 Å². The van der Waals surface area contributed by atoms with E-state index >= 15 is 0 Å². The van der Waals surface area contributed by atoms with Gasteiger partial charge in [-0.2, -0.15) is 0 Å². The minimum absolute atomic E-state index is 0.103. The summed E-state index contributed by atoms with van der Waals surface area (Å²) >= 11 is 0. The number of hydrogen-bond donors (Lipinski definition) is 3. The lowest BCUT2D eigenvalue weighted by Gasteiger charge is -2.12. The Hall–Kier alpha value is -3.02. The molecule has 1 aliphatic carbocycles. The Balaban J connectivity index is 1.57. The number of carbonyl (C=O) groups excluding carboxylic acids is 2. The van der Waals surface area contributed by atoms with E-state index in [4.69, 9.17) is 4.74 Å². The number of amides is 3. The SMILES string of the molecule is COc1ccc(CNC(=O)Nc2cc(C(=O)NC3CC3)ccc2C)cc1. The van der Waals surface area contributed by atoms with Gasteiger partial charge in [0, 0.05) is 23.8 Å². The Morgan fingerprint density at radius 2 is 1.85 bits per heavy atom. The van der Waals surface area contributed by atoms with Crippen molar-refractivity contribution in [1.82, 2.24) is 10.6 Å². The first kappa shape index (κ1) is 17.8. The molecular weight excluding hydrogens is 330 g/mol. The fourth-order valence-electron chi connectivity index (χ4n) is 2.49. The van der Waals surface area contributed by atoms with Gasteiger partial charge in [-0.3, -0.25) is 4.79 Å². The van der Waals surface area contributed by atoms with Gasteiger partial charge in [0.1, 0.15) is 5.75 Å². The summed E-state index contributed by atoms with van der Waals surface area (Å²) in [4.78, 5) is 24.3. The highest BCUT2D eigenvalue weighted by Crippen LogP contribution is 2.21. The van der Waals surface area contributed by atoms with Gasteiger partial charge in [-0.25, -0.2) is 4.79 Å². The summed E-state index contributed by atoms with van der Waals surface area (Å²) in [6.07, 6.45) is 2.08. The van der Waals surface area contributed by atoms with Crippen molar-refractivity contribution in [2.45, 2.75) is 32.4 Å². The maximum absolute atomic E-state index is 12.2. The van der Waals surface area contributed by atoms with Crippen molar-refractivity contribution in [2.75, 3.05) is 12.4 Å². The molecule has 136 valence electrons. The molecule has 1 saturated carbocycles. The summed E-state index contributed by atoms with van der Waals surface area (Å²) in [5, 5.41) is 8.57. The largest absolute Gasteiger partial charge is 0.497 e. The molecule has 0 saturated heterocycles. The molecule has 0 bridgehead atoms. The summed E-state index contributed by atoms with van der Waals surface area (Å²) < 4.78 is 5.11. The number of benzene rings is 2. The van der Waals surface area contributed by atoms with Gasteiger partial charge in [-0.15, -0.1) is 0 Å². The van der Waals surface area contributed by atoms with Crippen LogP contribution in [0.4, 0.5) is 10.5 Å². The first-order chi connectivity index (χ1) is 12.5. The van der Waals surface area contributed by atoms with Gasteiger partial charge in [-0.05, 0) is 55.2 Å². The quantitative estimate of drug-likeness (QED) is 0.746. The Bertz CT molecular complexity index is 798. The molecular formula is C20H23N3O3. The molecule has 0 spiro atoms. The second kappa shape index (κ2) is 7.91. The van der Waals surface area contributed by atoms with Gasteiger partial charge < -0.3 is 20.7 Å². The molecule has 2 aromatic carbocycles. The fourth-order valence-corrected chi connectivity index (χ4v) is 2.49. The van der Waals surface area contributed by atoms with Crippen LogP contribution in [0.1, 0.15) is 34.3 Å². The van der Waals surface area contributed by atoms with Crippen molar-refractivity contribution < 1.29 is 14.3 Å². The molecule has 26 heavy (non-hydrogen) atoms. The normalized spacial score (nSPS) is 13.0. The van der Waals surface area contributed by atoms with Crippen LogP contribution in [0.3, 0.4) is 0 Å². The van der Waals surface area contributed by atoms with Crippen LogP contribution in [0.2, 0.25) is 0 Å². The van der Waals surface area contributed by atoms with Crippen LogP contribution in [0.25, 0.3) is 0 Å². The van der Waals surface area contributed by atoms with Crippen molar-refractivity contribution in [3.63, 3.8) is 0 Å². The molecule has 6 heteroatoms. The Morgan fingerprint density at radius 1 is 1.12 bits per heavy atom. The summed E-state index contributed by atoms with van der Waals surface area (Å²) in [6.45, 7) is 2.29. The molecule has 0 aliphatic heterocycles. The van der Waals surface area contributed by atoms with E-state index in [2.05, 4.69) is 16.0 Å². The number of aryl methyl sites for hydroxylation is 1. The average Bonchev–Trinajstić information content (AvgIpc) is 3.46. The van der Waals surface area contributed by atoms with Crippen molar-refractivity contribution >= 4 is 17.6 Å². The van der Waals surface area contributed by atoms with Crippen LogP contribution in [0.15, 0.2) is 42.5 Å². The number of nitrogens with one attached hydrogen (secondary N) is 3. The third-order valence-corrected chi connectivity index (χ3v) is 4.27. The fraction of sp³-hybridized carbons (Fsp3) is 0.300. The average molecular weight is 353 g/mol. The van der Waals surface area contributed by atoms with Crippen molar-refractivity contribution in [3.8, 4) is 5.75 Å². The van der Waals surface area contributed by atoms with E-state index in [1.165, 1.54) is 0 Å². The number of rotatable bonds is 6. The lowest BCUT2D eigenvalue weighted by atomic mass is 10.1. The number of ether oxygens (including phenoxy) is 1. The molecule has 0 heterocycles. The summed E-state index contributed by atoms with van der Waals surface area (Å²) in [6, 6.07) is 12.8. The molecule has 0 radical (unpaired) electrons. The molecule has 1 fully saturated rings. The third-order valence-electron chi connectivity index (χ3n) is 4.27. The van der Waals surface area contributed by atoms with Crippen molar-refractivity contribution in [1.29, 1.82) is 0 Å². The highest BCUT2D eigenvalue weighted by atomic mass is 16.5. The van der Waals surface area contributed by atoms with Gasteiger partial charge in [0.2, 0.25) is 0 Å². The van der Waals surface area contributed by atoms with E-state index in [-0.39, 0.29) is 11.9 Å². The van der Waals surface area contributed by atoms with Crippen LogP contribution >= 0.6 is 0 Å². The second-order valence-corrected chi connectivity index (χ2v) is 6.43. The van der Waals surface area contributed by atoms with Gasteiger partial charge in [0.05, 0.1) is 7.11 Å². The van der Waals surface area contributed by atoms with Gasteiger partial charge in [0.25, 0.3) is 5.91 Å². The van der Waals surface area contributed by atoms with Crippen LogP contribution in [0, 0.1) is 6.92 Å². The standard InChI is InChI=1S/C20H23N3O3/c1-13-3-6-15(19(24)22-16-7-8-16)11-18(13)23-20(25)21-12-14-4-9-17(26-2)10-5-14/h3-6,9-11,16H,7-8,12H2,1-2H3,(H,22,24)(H2,21,23,25). The van der Waals surface area contributed by atoms with E-state index in [1.54, 1.807) is 19.2 Å². The molecule has 3 rings (SSSR count). The van der Waals surface area contributed by atoms with E-state index in [0.29, 0.717) is 23.8 Å². The lowest BCUT2D eigenvalue weighted by Crippen LogP contribution is -2.29. The number of urea groups is 1. The molecule has 1 aliphatic rings. The molecule has 0 unspecified atom stereocenters. The van der Waals surface area contributed by atoms with Gasteiger partial charge in [-0.1, -0.05) is 18.2 Å². The van der Waals surface area contributed by atoms with Gasteiger partial charge in [0.15, 0.2) is 0 Å². The zero-order valence-corrected chi connectivity index (χ0v) is 15.0. The number of anilines is 1. The number of carbonyl (C=O) groups is 2. The predicted molar refractivity (Wildman–Crippen MR) is 101 cm³/mol. The highest BCUT2D eigenvalue weighted by molar-refractivity contribution is 5.97.